The second-order valence-electron chi connectivity index (χ2n) is 8.60. The first-order valence-electron chi connectivity index (χ1n) is 11.1. The van der Waals surface area contributed by atoms with E-state index < -0.39 is 15.6 Å². The van der Waals surface area contributed by atoms with Gasteiger partial charge in [0, 0.05) is 18.4 Å². The first kappa shape index (κ1) is 22.1. The summed E-state index contributed by atoms with van der Waals surface area (Å²) < 4.78 is 46.7. The van der Waals surface area contributed by atoms with E-state index in [0.29, 0.717) is 29.4 Å². The van der Waals surface area contributed by atoms with E-state index in [-0.39, 0.29) is 17.6 Å². The van der Waals surface area contributed by atoms with Crippen LogP contribution in [0.2, 0.25) is 0 Å². The topological polar surface area (TPSA) is 65.1 Å². The summed E-state index contributed by atoms with van der Waals surface area (Å²) in [5, 5.41) is 0. The van der Waals surface area contributed by atoms with Crippen LogP contribution >= 0.6 is 11.8 Å². The van der Waals surface area contributed by atoms with Crippen molar-refractivity contribution < 1.29 is 22.6 Å². The molecule has 2 aromatic rings. The summed E-state index contributed by atoms with van der Waals surface area (Å²) in [6, 6.07) is 14.7. The van der Waals surface area contributed by atoms with Crippen molar-refractivity contribution in [3.63, 3.8) is 0 Å². The van der Waals surface area contributed by atoms with Crippen molar-refractivity contribution in [2.45, 2.75) is 53.9 Å². The maximum absolute atomic E-state index is 14.1. The monoisotopic (exact) mass is 475 g/mol. The number of hydrogen-bond donors (Lipinski definition) is 0. The van der Waals surface area contributed by atoms with E-state index in [9.17, 15) is 8.42 Å². The average Bonchev–Trinajstić information content (AvgIpc) is 3.42. The Hall–Kier alpha value is -1.74. The van der Waals surface area contributed by atoms with Crippen molar-refractivity contribution in [3.05, 3.63) is 54.1 Å². The zero-order valence-corrected chi connectivity index (χ0v) is 20.1. The molecule has 2 heterocycles. The molecule has 1 aliphatic carbocycles. The molecule has 0 N–H and O–H groups in total. The van der Waals surface area contributed by atoms with Crippen LogP contribution in [0, 0.1) is 0 Å². The molecule has 0 radical (unpaired) electrons. The van der Waals surface area contributed by atoms with E-state index >= 15 is 0 Å². The molecule has 0 unspecified atom stereocenters. The molecule has 3 atom stereocenters. The van der Waals surface area contributed by atoms with Gasteiger partial charge in [0.25, 0.3) is 0 Å². The average molecular weight is 476 g/mol. The Morgan fingerprint density at radius 2 is 1.91 bits per heavy atom. The normalized spacial score (nSPS) is 29.8. The van der Waals surface area contributed by atoms with Gasteiger partial charge in [0.15, 0.2) is 11.5 Å². The van der Waals surface area contributed by atoms with Gasteiger partial charge in [-0.1, -0.05) is 31.2 Å². The van der Waals surface area contributed by atoms with Gasteiger partial charge in [-0.3, -0.25) is 0 Å². The first-order chi connectivity index (χ1) is 15.5. The van der Waals surface area contributed by atoms with Gasteiger partial charge < -0.3 is 14.2 Å². The van der Waals surface area contributed by atoms with Crippen LogP contribution in [0.5, 0.6) is 11.5 Å². The minimum atomic E-state index is -3.73. The van der Waals surface area contributed by atoms with Crippen molar-refractivity contribution >= 4 is 21.8 Å². The molecule has 172 valence electrons. The van der Waals surface area contributed by atoms with Crippen LogP contribution in [0.3, 0.4) is 0 Å². The predicted molar refractivity (Wildman–Crippen MR) is 125 cm³/mol. The number of ether oxygens (including phenoxy) is 3. The standard InChI is InChI=1S/C24H29NO5S2/c1-3-31-23-12-11-19(28-2)16-24(23,18-9-10-21-22(15-18)30-17-29-21)25(14-13-23)32(26,27)20-7-5-4-6-8-20/h4-10,15,19H,3,11-14,16-17H2,1-2H3/t19-,23-,24-/m1/s1. The molecule has 2 aromatic carbocycles. The summed E-state index contributed by atoms with van der Waals surface area (Å²) >= 11 is 1.89. The maximum atomic E-state index is 14.1. The number of thioether (sulfide) groups is 1. The molecule has 6 nitrogen and oxygen atoms in total. The van der Waals surface area contributed by atoms with Crippen LogP contribution in [0.1, 0.15) is 38.2 Å². The van der Waals surface area contributed by atoms with Crippen molar-refractivity contribution in [1.29, 1.82) is 0 Å². The van der Waals surface area contributed by atoms with E-state index in [1.54, 1.807) is 35.7 Å². The van der Waals surface area contributed by atoms with E-state index in [0.717, 1.165) is 30.6 Å². The number of methoxy groups -OCH3 is 1. The van der Waals surface area contributed by atoms with Crippen LogP contribution in [-0.2, 0) is 20.3 Å². The fraction of sp³-hybridized carbons (Fsp3) is 0.500. The van der Waals surface area contributed by atoms with Gasteiger partial charge in [0.1, 0.15) is 0 Å². The van der Waals surface area contributed by atoms with Crippen LogP contribution in [0.25, 0.3) is 0 Å². The Morgan fingerprint density at radius 1 is 1.12 bits per heavy atom. The zero-order chi connectivity index (χ0) is 22.4. The number of nitrogens with zero attached hydrogens (tertiary/aromatic N) is 1. The Bertz CT molecular complexity index is 1090. The predicted octanol–water partition coefficient (Wildman–Crippen LogP) is 4.40. The van der Waals surface area contributed by atoms with Crippen LogP contribution in [-0.4, -0.2) is 49.8 Å². The quantitative estimate of drug-likeness (QED) is 0.617. The highest BCUT2D eigenvalue weighted by Gasteiger charge is 2.65. The van der Waals surface area contributed by atoms with Crippen molar-refractivity contribution in [2.24, 2.45) is 0 Å². The fourth-order valence-corrected chi connectivity index (χ4v) is 9.33. The highest BCUT2D eigenvalue weighted by Crippen LogP contribution is 2.63. The molecule has 32 heavy (non-hydrogen) atoms. The highest BCUT2D eigenvalue weighted by molar-refractivity contribution is 8.00. The Labute approximate surface area is 194 Å². The third-order valence-corrected chi connectivity index (χ3v) is 10.8. The van der Waals surface area contributed by atoms with Gasteiger partial charge in [-0.05, 0) is 61.3 Å². The lowest BCUT2D eigenvalue weighted by Crippen LogP contribution is -2.59. The minimum Gasteiger partial charge on any atom is -0.454 e. The van der Waals surface area contributed by atoms with Gasteiger partial charge in [-0.15, -0.1) is 0 Å². The summed E-state index contributed by atoms with van der Waals surface area (Å²) in [4.78, 5) is 0.331. The zero-order valence-electron chi connectivity index (χ0n) is 18.5. The van der Waals surface area contributed by atoms with Gasteiger partial charge in [0.05, 0.1) is 16.5 Å². The molecule has 2 fully saturated rings. The minimum absolute atomic E-state index is 0.0161. The Morgan fingerprint density at radius 3 is 2.66 bits per heavy atom. The maximum Gasteiger partial charge on any atom is 0.243 e. The molecular formula is C24H29NO5S2. The van der Waals surface area contributed by atoms with Crippen LogP contribution < -0.4 is 9.47 Å². The van der Waals surface area contributed by atoms with Crippen molar-refractivity contribution in [2.75, 3.05) is 26.2 Å². The summed E-state index contributed by atoms with van der Waals surface area (Å²) in [6.45, 7) is 2.82. The number of sulfonamides is 1. The first-order valence-corrected chi connectivity index (χ1v) is 13.5. The van der Waals surface area contributed by atoms with E-state index in [4.69, 9.17) is 14.2 Å². The summed E-state index contributed by atoms with van der Waals surface area (Å²) in [6.07, 6.45) is 3.23. The fourth-order valence-electron chi connectivity index (χ4n) is 5.82. The third kappa shape index (κ3) is 3.18. The lowest BCUT2D eigenvalue weighted by Gasteiger charge is -2.54. The summed E-state index contributed by atoms with van der Waals surface area (Å²) in [7, 11) is -2.00. The molecule has 1 saturated carbocycles. The smallest absolute Gasteiger partial charge is 0.243 e. The van der Waals surface area contributed by atoms with Gasteiger partial charge in [-0.2, -0.15) is 16.1 Å². The van der Waals surface area contributed by atoms with E-state index in [1.807, 2.05) is 36.0 Å². The Kier molecular flexibility index (Phi) is 5.68. The van der Waals surface area contributed by atoms with Gasteiger partial charge >= 0.3 is 0 Å². The highest BCUT2D eigenvalue weighted by atomic mass is 32.2. The molecule has 0 amide bonds. The van der Waals surface area contributed by atoms with E-state index in [2.05, 4.69) is 6.92 Å². The van der Waals surface area contributed by atoms with Gasteiger partial charge in [-0.25, -0.2) is 8.42 Å². The second kappa shape index (κ2) is 8.24. The Balaban J connectivity index is 1.73. The van der Waals surface area contributed by atoms with Crippen LogP contribution in [0.4, 0.5) is 0 Å². The van der Waals surface area contributed by atoms with Crippen molar-refractivity contribution in [3.8, 4) is 11.5 Å². The molecule has 5 rings (SSSR count). The SMILES string of the molecule is CCS[C@@]12CC[C@@H](OC)C[C@]1(c1ccc3c(c1)OCO3)N(S(=O)(=O)c1ccccc1)CC2. The van der Waals surface area contributed by atoms with Gasteiger partial charge in [0.2, 0.25) is 16.8 Å². The number of rotatable bonds is 6. The third-order valence-electron chi connectivity index (χ3n) is 7.23. The van der Waals surface area contributed by atoms with Crippen LogP contribution in [0.15, 0.2) is 53.4 Å². The molecule has 8 heteroatoms. The van der Waals surface area contributed by atoms with Crippen molar-refractivity contribution in [1.82, 2.24) is 4.31 Å². The lowest BCUT2D eigenvalue weighted by molar-refractivity contribution is 0.00469. The largest absolute Gasteiger partial charge is 0.454 e. The lowest BCUT2D eigenvalue weighted by atomic mass is 9.68. The van der Waals surface area contributed by atoms with E-state index in [1.165, 1.54) is 0 Å². The summed E-state index contributed by atoms with van der Waals surface area (Å²) in [5.41, 5.74) is 0.226. The second-order valence-corrected chi connectivity index (χ2v) is 12.1. The summed E-state index contributed by atoms with van der Waals surface area (Å²) in [5.74, 6) is 2.30. The number of fused-ring (bicyclic) bond motifs is 2. The molecule has 0 aromatic heterocycles. The molecule has 1 saturated heterocycles. The number of hydrogen-bond acceptors (Lipinski definition) is 6. The molecular weight excluding hydrogens is 446 g/mol. The number of benzene rings is 2. The molecule has 3 aliphatic rings. The molecule has 0 spiro atoms. The molecule has 2 aliphatic heterocycles. The molecule has 0 bridgehead atoms.